The number of rotatable bonds is 8. The zero-order chi connectivity index (χ0) is 25.6. The first-order valence-electron chi connectivity index (χ1n) is 11.2. The molecule has 184 valence electrons. The van der Waals surface area contributed by atoms with Crippen LogP contribution in [0.1, 0.15) is 41.8 Å². The predicted octanol–water partition coefficient (Wildman–Crippen LogP) is 5.41. The molecule has 0 bridgehead atoms. The lowest BCUT2D eigenvalue weighted by atomic mass is 10.1. The van der Waals surface area contributed by atoms with E-state index in [4.69, 9.17) is 17.0 Å². The van der Waals surface area contributed by atoms with Crippen molar-refractivity contribution in [3.63, 3.8) is 0 Å². The van der Waals surface area contributed by atoms with Crippen LogP contribution in [0.4, 0.5) is 11.4 Å². The minimum absolute atomic E-state index is 0.0405. The Labute approximate surface area is 212 Å². The average molecular weight is 512 g/mol. The lowest BCUT2D eigenvalue weighted by molar-refractivity contribution is 0.0977. The van der Waals surface area contributed by atoms with E-state index in [1.807, 2.05) is 45.9 Å². The first-order chi connectivity index (χ1) is 16.6. The number of aryl methyl sites for hydroxylation is 2. The second-order valence-electron chi connectivity index (χ2n) is 8.17. The number of nitrogens with one attached hydrogen (secondary N) is 3. The van der Waals surface area contributed by atoms with Crippen LogP contribution in [0.3, 0.4) is 0 Å². The number of hydrogen-bond acceptors (Lipinski definition) is 5. The molecule has 1 amide bonds. The molecule has 0 saturated carbocycles. The summed E-state index contributed by atoms with van der Waals surface area (Å²) in [5, 5.41) is 5.61. The lowest BCUT2D eigenvalue weighted by Crippen LogP contribution is -2.34. The zero-order valence-corrected chi connectivity index (χ0v) is 21.7. The van der Waals surface area contributed by atoms with E-state index < -0.39 is 10.0 Å². The van der Waals surface area contributed by atoms with Crippen LogP contribution < -0.4 is 20.1 Å². The predicted molar refractivity (Wildman–Crippen MR) is 144 cm³/mol. The van der Waals surface area contributed by atoms with Crippen LogP contribution in [0, 0.1) is 13.8 Å². The van der Waals surface area contributed by atoms with Gasteiger partial charge < -0.3 is 10.1 Å². The highest BCUT2D eigenvalue weighted by atomic mass is 32.2. The molecular weight excluding hydrogens is 482 g/mol. The molecule has 3 N–H and O–H groups in total. The number of benzene rings is 3. The Morgan fingerprint density at radius 1 is 1.00 bits per heavy atom. The van der Waals surface area contributed by atoms with E-state index in [1.54, 1.807) is 36.4 Å². The molecule has 0 aliphatic rings. The molecule has 0 heterocycles. The van der Waals surface area contributed by atoms with E-state index >= 15 is 0 Å². The third kappa shape index (κ3) is 7.03. The Kier molecular flexibility index (Phi) is 8.48. The van der Waals surface area contributed by atoms with E-state index in [0.29, 0.717) is 22.7 Å². The SMILES string of the molecule is CCC(C)Oc1cccc(C(=O)NC(=S)Nc2ccc(S(=O)(=O)Nc3c(C)cccc3C)cc2)c1. The number of carbonyl (C=O) groups excluding carboxylic acids is 1. The van der Waals surface area contributed by atoms with Crippen molar-refractivity contribution in [3.8, 4) is 5.75 Å². The summed E-state index contributed by atoms with van der Waals surface area (Å²) in [7, 11) is -3.77. The molecule has 3 aromatic rings. The molecule has 0 spiro atoms. The van der Waals surface area contributed by atoms with E-state index in [9.17, 15) is 13.2 Å². The monoisotopic (exact) mass is 511 g/mol. The fraction of sp³-hybridized carbons (Fsp3) is 0.231. The van der Waals surface area contributed by atoms with E-state index in [2.05, 4.69) is 15.4 Å². The highest BCUT2D eigenvalue weighted by molar-refractivity contribution is 7.92. The molecule has 3 rings (SSSR count). The summed E-state index contributed by atoms with van der Waals surface area (Å²) in [4.78, 5) is 12.7. The Morgan fingerprint density at radius 3 is 2.26 bits per heavy atom. The van der Waals surface area contributed by atoms with Gasteiger partial charge in [0, 0.05) is 11.3 Å². The van der Waals surface area contributed by atoms with Crippen molar-refractivity contribution in [2.75, 3.05) is 10.0 Å². The van der Waals surface area contributed by atoms with Crippen molar-refractivity contribution in [3.05, 3.63) is 83.4 Å². The Hall–Kier alpha value is -3.43. The molecule has 0 aliphatic heterocycles. The zero-order valence-electron chi connectivity index (χ0n) is 20.1. The Bertz CT molecular complexity index is 1300. The van der Waals surface area contributed by atoms with Crippen molar-refractivity contribution >= 4 is 44.6 Å². The minimum Gasteiger partial charge on any atom is -0.491 e. The second kappa shape index (κ2) is 11.3. The van der Waals surface area contributed by atoms with Gasteiger partial charge in [0.1, 0.15) is 5.75 Å². The summed E-state index contributed by atoms with van der Waals surface area (Å²) in [5.41, 5.74) is 3.19. The van der Waals surface area contributed by atoms with Gasteiger partial charge in [0.15, 0.2) is 5.11 Å². The standard InChI is InChI=1S/C26H29N3O4S2/c1-5-19(4)33-22-11-7-10-20(16-22)25(30)28-26(34)27-21-12-14-23(15-13-21)35(31,32)29-24-17(2)8-6-9-18(24)3/h6-16,19,29H,5H2,1-4H3,(H2,27,28,30,34). The normalized spacial score (nSPS) is 11.9. The molecule has 0 aliphatic carbocycles. The van der Waals surface area contributed by atoms with Crippen molar-refractivity contribution in [1.29, 1.82) is 0 Å². The molecule has 9 heteroatoms. The van der Waals surface area contributed by atoms with E-state index in [-0.39, 0.29) is 22.0 Å². The fourth-order valence-electron chi connectivity index (χ4n) is 3.25. The molecule has 0 saturated heterocycles. The molecule has 3 aromatic carbocycles. The molecular formula is C26H29N3O4S2. The van der Waals surface area contributed by atoms with Crippen LogP contribution in [0.5, 0.6) is 5.75 Å². The summed E-state index contributed by atoms with van der Waals surface area (Å²) in [5.74, 6) is 0.228. The largest absolute Gasteiger partial charge is 0.491 e. The maximum atomic E-state index is 12.8. The number of hydrogen-bond donors (Lipinski definition) is 3. The highest BCUT2D eigenvalue weighted by Crippen LogP contribution is 2.24. The topological polar surface area (TPSA) is 96.5 Å². The summed E-state index contributed by atoms with van der Waals surface area (Å²) in [6.45, 7) is 7.68. The van der Waals surface area contributed by atoms with Gasteiger partial charge in [-0.15, -0.1) is 0 Å². The van der Waals surface area contributed by atoms with Gasteiger partial charge in [0.25, 0.3) is 15.9 Å². The molecule has 35 heavy (non-hydrogen) atoms. The smallest absolute Gasteiger partial charge is 0.261 e. The number of amides is 1. The number of ether oxygens (including phenoxy) is 1. The molecule has 0 aromatic heterocycles. The van der Waals surface area contributed by atoms with Crippen molar-refractivity contribution in [2.24, 2.45) is 0 Å². The van der Waals surface area contributed by atoms with Gasteiger partial charge in [-0.3, -0.25) is 14.8 Å². The van der Waals surface area contributed by atoms with Gasteiger partial charge in [0.2, 0.25) is 0 Å². The van der Waals surface area contributed by atoms with Crippen molar-refractivity contribution < 1.29 is 17.9 Å². The van der Waals surface area contributed by atoms with Gasteiger partial charge in [-0.1, -0.05) is 31.2 Å². The Morgan fingerprint density at radius 2 is 1.63 bits per heavy atom. The quantitative estimate of drug-likeness (QED) is 0.350. The van der Waals surface area contributed by atoms with E-state index in [0.717, 1.165) is 17.5 Å². The summed E-state index contributed by atoms with van der Waals surface area (Å²) < 4.78 is 34.1. The molecule has 7 nitrogen and oxygen atoms in total. The summed E-state index contributed by atoms with van der Waals surface area (Å²) in [6.07, 6.45) is 0.894. The van der Waals surface area contributed by atoms with Crippen LogP contribution in [-0.2, 0) is 10.0 Å². The summed E-state index contributed by atoms with van der Waals surface area (Å²) >= 11 is 5.25. The molecule has 0 radical (unpaired) electrons. The van der Waals surface area contributed by atoms with Crippen molar-refractivity contribution in [1.82, 2.24) is 5.32 Å². The fourth-order valence-corrected chi connectivity index (χ4v) is 4.66. The van der Waals surface area contributed by atoms with Gasteiger partial charge >= 0.3 is 0 Å². The van der Waals surface area contributed by atoms with Crippen LogP contribution in [0.15, 0.2) is 71.6 Å². The minimum atomic E-state index is -3.77. The van der Waals surface area contributed by atoms with Crippen LogP contribution in [-0.4, -0.2) is 25.5 Å². The number of para-hydroxylation sites is 1. The second-order valence-corrected chi connectivity index (χ2v) is 10.3. The third-order valence-corrected chi connectivity index (χ3v) is 6.95. The summed E-state index contributed by atoms with van der Waals surface area (Å²) in [6, 6.07) is 18.6. The Balaban J connectivity index is 1.63. The third-order valence-electron chi connectivity index (χ3n) is 5.38. The lowest BCUT2D eigenvalue weighted by Gasteiger charge is -2.14. The maximum absolute atomic E-state index is 12.8. The van der Waals surface area contributed by atoms with Crippen molar-refractivity contribution in [2.45, 2.75) is 45.1 Å². The maximum Gasteiger partial charge on any atom is 0.261 e. The molecule has 0 fully saturated rings. The van der Waals surface area contributed by atoms with Crippen LogP contribution in [0.25, 0.3) is 0 Å². The van der Waals surface area contributed by atoms with E-state index in [1.165, 1.54) is 12.1 Å². The molecule has 1 unspecified atom stereocenters. The van der Waals surface area contributed by atoms with Gasteiger partial charge in [-0.05, 0) is 93.0 Å². The first-order valence-corrected chi connectivity index (χ1v) is 13.1. The van der Waals surface area contributed by atoms with Crippen LogP contribution >= 0.6 is 12.2 Å². The number of sulfonamides is 1. The van der Waals surface area contributed by atoms with Gasteiger partial charge in [-0.2, -0.15) is 0 Å². The number of carbonyl (C=O) groups is 1. The van der Waals surface area contributed by atoms with Crippen LogP contribution in [0.2, 0.25) is 0 Å². The molecule has 1 atom stereocenters. The average Bonchev–Trinajstić information content (AvgIpc) is 2.82. The number of anilines is 2. The van der Waals surface area contributed by atoms with Gasteiger partial charge in [-0.25, -0.2) is 8.42 Å². The first kappa shape index (κ1) is 26.2. The highest BCUT2D eigenvalue weighted by Gasteiger charge is 2.17. The number of thiocarbonyl (C=S) groups is 1. The van der Waals surface area contributed by atoms with Gasteiger partial charge in [0.05, 0.1) is 16.7 Å².